The molecule has 0 radical (unpaired) electrons. The van der Waals surface area contributed by atoms with E-state index in [0.29, 0.717) is 0 Å². The molecule has 13 heavy (non-hydrogen) atoms. The molecule has 0 amide bonds. The van der Waals surface area contributed by atoms with Crippen LogP contribution in [0.2, 0.25) is 0 Å². The number of thioether (sulfide) groups is 1. The van der Waals surface area contributed by atoms with Crippen molar-refractivity contribution in [3.8, 4) is 0 Å². The van der Waals surface area contributed by atoms with Gasteiger partial charge in [-0.15, -0.1) is 11.8 Å². The molecule has 1 N–H and O–H groups in total. The predicted molar refractivity (Wildman–Crippen MR) is 59.3 cm³/mol. The number of rotatable bonds is 3. The minimum Gasteiger partial charge on any atom is -0.360 e. The molecule has 0 aliphatic rings. The molecular formula is C11H13NS. The molecule has 0 aliphatic carbocycles. The average molecular weight is 191 g/mol. The molecule has 0 atom stereocenters. The normalized spacial score (nSPS) is 10.8. The van der Waals surface area contributed by atoms with Gasteiger partial charge in [0.1, 0.15) is 0 Å². The number of aromatic nitrogens is 1. The Morgan fingerprint density at radius 3 is 3.00 bits per heavy atom. The van der Waals surface area contributed by atoms with Gasteiger partial charge in [-0.2, -0.15) is 0 Å². The van der Waals surface area contributed by atoms with Gasteiger partial charge in [0, 0.05) is 22.0 Å². The van der Waals surface area contributed by atoms with Crippen LogP contribution in [0.1, 0.15) is 13.3 Å². The molecule has 1 nitrogen and oxygen atoms in total. The highest BCUT2D eigenvalue weighted by atomic mass is 32.2. The maximum Gasteiger partial charge on any atom is 0.0465 e. The van der Waals surface area contributed by atoms with Crippen molar-refractivity contribution >= 4 is 22.7 Å². The van der Waals surface area contributed by atoms with Crippen LogP contribution in [0.4, 0.5) is 0 Å². The smallest absolute Gasteiger partial charge is 0.0465 e. The summed E-state index contributed by atoms with van der Waals surface area (Å²) in [6.45, 7) is 2.21. The highest BCUT2D eigenvalue weighted by molar-refractivity contribution is 7.99. The van der Waals surface area contributed by atoms with Gasteiger partial charge in [0.15, 0.2) is 0 Å². The Balaban J connectivity index is 2.35. The van der Waals surface area contributed by atoms with Crippen molar-refractivity contribution in [3.05, 3.63) is 30.5 Å². The Morgan fingerprint density at radius 2 is 2.15 bits per heavy atom. The number of para-hydroxylation sites is 1. The van der Waals surface area contributed by atoms with Crippen LogP contribution in [0.25, 0.3) is 10.9 Å². The molecule has 0 aliphatic heterocycles. The van der Waals surface area contributed by atoms with E-state index in [4.69, 9.17) is 0 Å². The van der Waals surface area contributed by atoms with Gasteiger partial charge in [-0.05, 0) is 18.2 Å². The highest BCUT2D eigenvalue weighted by Gasteiger charge is 2.01. The average Bonchev–Trinajstić information content (AvgIpc) is 2.58. The fraction of sp³-hybridized carbons (Fsp3) is 0.273. The van der Waals surface area contributed by atoms with E-state index in [1.165, 1.54) is 28.0 Å². The Morgan fingerprint density at radius 1 is 1.31 bits per heavy atom. The van der Waals surface area contributed by atoms with Gasteiger partial charge < -0.3 is 4.98 Å². The molecule has 0 unspecified atom stereocenters. The first kappa shape index (κ1) is 8.70. The van der Waals surface area contributed by atoms with E-state index in [0.717, 1.165) is 0 Å². The number of benzene rings is 1. The quantitative estimate of drug-likeness (QED) is 0.732. The van der Waals surface area contributed by atoms with E-state index >= 15 is 0 Å². The Hall–Kier alpha value is -0.890. The Bertz CT molecular complexity index is 392. The maximum absolute atomic E-state index is 3.28. The third-order valence-corrected chi connectivity index (χ3v) is 3.27. The molecule has 0 saturated heterocycles. The minimum absolute atomic E-state index is 1.20. The maximum atomic E-state index is 3.28. The van der Waals surface area contributed by atoms with Gasteiger partial charge in [-0.3, -0.25) is 0 Å². The number of fused-ring (bicyclic) bond motifs is 1. The van der Waals surface area contributed by atoms with Crippen molar-refractivity contribution in [2.45, 2.75) is 18.2 Å². The van der Waals surface area contributed by atoms with Crippen molar-refractivity contribution in [2.75, 3.05) is 5.75 Å². The molecular weight excluding hydrogens is 178 g/mol. The summed E-state index contributed by atoms with van der Waals surface area (Å²) >= 11 is 1.93. The predicted octanol–water partition coefficient (Wildman–Crippen LogP) is 3.67. The van der Waals surface area contributed by atoms with E-state index < -0.39 is 0 Å². The highest BCUT2D eigenvalue weighted by Crippen LogP contribution is 2.27. The summed E-state index contributed by atoms with van der Waals surface area (Å²) in [5, 5.41) is 1.35. The fourth-order valence-corrected chi connectivity index (χ4v) is 2.28. The zero-order valence-corrected chi connectivity index (χ0v) is 8.53. The van der Waals surface area contributed by atoms with Crippen LogP contribution in [0, 0.1) is 0 Å². The summed E-state index contributed by atoms with van der Waals surface area (Å²) in [7, 11) is 0. The fourth-order valence-electron chi connectivity index (χ4n) is 1.38. The first-order valence-electron chi connectivity index (χ1n) is 4.60. The lowest BCUT2D eigenvalue weighted by atomic mass is 10.2. The van der Waals surface area contributed by atoms with Crippen LogP contribution in [0.15, 0.2) is 35.4 Å². The van der Waals surface area contributed by atoms with Crippen molar-refractivity contribution < 1.29 is 0 Å². The largest absolute Gasteiger partial charge is 0.360 e. The molecule has 68 valence electrons. The molecule has 2 heteroatoms. The monoisotopic (exact) mass is 191 g/mol. The second kappa shape index (κ2) is 3.88. The molecule has 2 aromatic rings. The molecule has 1 aromatic carbocycles. The van der Waals surface area contributed by atoms with Gasteiger partial charge in [0.25, 0.3) is 0 Å². The number of hydrogen-bond donors (Lipinski definition) is 1. The first-order valence-corrected chi connectivity index (χ1v) is 5.59. The number of H-pyrrole nitrogens is 1. The van der Waals surface area contributed by atoms with Gasteiger partial charge in [-0.1, -0.05) is 25.1 Å². The zero-order chi connectivity index (χ0) is 9.10. The molecule has 0 saturated carbocycles. The second-order valence-corrected chi connectivity index (χ2v) is 4.18. The molecule has 0 spiro atoms. The molecule has 2 rings (SSSR count). The summed E-state index contributed by atoms with van der Waals surface area (Å²) < 4.78 is 0. The Labute approximate surface area is 82.5 Å². The first-order chi connectivity index (χ1) is 6.42. The molecule has 1 heterocycles. The molecule has 1 aromatic heterocycles. The lowest BCUT2D eigenvalue weighted by Crippen LogP contribution is -1.72. The Kier molecular flexibility index (Phi) is 2.60. The van der Waals surface area contributed by atoms with Crippen LogP contribution in [0.5, 0.6) is 0 Å². The summed E-state index contributed by atoms with van der Waals surface area (Å²) in [6.07, 6.45) is 3.33. The van der Waals surface area contributed by atoms with E-state index in [-0.39, 0.29) is 0 Å². The van der Waals surface area contributed by atoms with Gasteiger partial charge >= 0.3 is 0 Å². The molecule has 0 fully saturated rings. The van der Waals surface area contributed by atoms with Gasteiger partial charge in [0.05, 0.1) is 0 Å². The van der Waals surface area contributed by atoms with Crippen molar-refractivity contribution in [2.24, 2.45) is 0 Å². The molecule has 0 bridgehead atoms. The summed E-state index contributed by atoms with van der Waals surface area (Å²) in [5.41, 5.74) is 1.24. The topological polar surface area (TPSA) is 15.8 Å². The third-order valence-electron chi connectivity index (χ3n) is 2.01. The van der Waals surface area contributed by atoms with Crippen molar-refractivity contribution in [3.63, 3.8) is 0 Å². The van der Waals surface area contributed by atoms with Crippen LogP contribution in [-0.4, -0.2) is 10.7 Å². The van der Waals surface area contributed by atoms with Crippen molar-refractivity contribution in [1.29, 1.82) is 0 Å². The number of hydrogen-bond acceptors (Lipinski definition) is 1. The van der Waals surface area contributed by atoms with E-state index in [1.807, 2.05) is 11.8 Å². The van der Waals surface area contributed by atoms with Crippen LogP contribution < -0.4 is 0 Å². The number of nitrogens with one attached hydrogen (secondary N) is 1. The van der Waals surface area contributed by atoms with E-state index in [9.17, 15) is 0 Å². The van der Waals surface area contributed by atoms with Gasteiger partial charge in [0.2, 0.25) is 0 Å². The second-order valence-electron chi connectivity index (χ2n) is 3.05. The SMILES string of the molecule is CCCSc1c[nH]c2ccccc12. The summed E-state index contributed by atoms with van der Waals surface area (Å²) in [5.74, 6) is 1.20. The van der Waals surface area contributed by atoms with Crippen LogP contribution in [-0.2, 0) is 0 Å². The van der Waals surface area contributed by atoms with Crippen molar-refractivity contribution in [1.82, 2.24) is 4.98 Å². The van der Waals surface area contributed by atoms with Crippen LogP contribution in [0.3, 0.4) is 0 Å². The lowest BCUT2D eigenvalue weighted by Gasteiger charge is -1.95. The standard InChI is InChI=1S/C11H13NS/c1-2-7-13-11-8-12-10-6-4-3-5-9(10)11/h3-6,8,12H,2,7H2,1H3. The summed E-state index contributed by atoms with van der Waals surface area (Å²) in [4.78, 5) is 4.65. The third kappa shape index (κ3) is 1.73. The minimum atomic E-state index is 1.20. The van der Waals surface area contributed by atoms with E-state index in [2.05, 4.69) is 42.4 Å². The van der Waals surface area contributed by atoms with E-state index in [1.54, 1.807) is 0 Å². The number of aromatic amines is 1. The lowest BCUT2D eigenvalue weighted by molar-refractivity contribution is 1.11. The summed E-state index contributed by atoms with van der Waals surface area (Å²) in [6, 6.07) is 8.44. The van der Waals surface area contributed by atoms with Crippen LogP contribution >= 0.6 is 11.8 Å². The zero-order valence-electron chi connectivity index (χ0n) is 7.71. The van der Waals surface area contributed by atoms with Gasteiger partial charge in [-0.25, -0.2) is 0 Å².